The van der Waals surface area contributed by atoms with E-state index in [1.165, 1.54) is 11.9 Å². The molecular formula is C24H31N3O4. The molecule has 0 fully saturated rings. The third kappa shape index (κ3) is 6.84. The monoisotopic (exact) mass is 425 g/mol. The van der Waals surface area contributed by atoms with Crippen molar-refractivity contribution in [2.24, 2.45) is 0 Å². The van der Waals surface area contributed by atoms with Gasteiger partial charge in [0.15, 0.2) is 6.61 Å². The summed E-state index contributed by atoms with van der Waals surface area (Å²) in [6, 6.07) is 12.8. The molecule has 2 aromatic carbocycles. The highest BCUT2D eigenvalue weighted by Gasteiger charge is 2.17. The zero-order valence-electron chi connectivity index (χ0n) is 18.9. The molecule has 0 bridgehead atoms. The normalized spacial score (nSPS) is 10.4. The van der Waals surface area contributed by atoms with Crippen molar-refractivity contribution in [2.75, 3.05) is 43.5 Å². The van der Waals surface area contributed by atoms with E-state index in [1.54, 1.807) is 12.1 Å². The second-order valence-corrected chi connectivity index (χ2v) is 7.41. The summed E-state index contributed by atoms with van der Waals surface area (Å²) in [5.41, 5.74) is 4.08. The Hall–Kier alpha value is -3.35. The topological polar surface area (TPSA) is 79.0 Å². The minimum absolute atomic E-state index is 0.137. The molecule has 0 aliphatic carbocycles. The Bertz CT molecular complexity index is 921. The fourth-order valence-corrected chi connectivity index (χ4v) is 3.08. The highest BCUT2D eigenvalue weighted by molar-refractivity contribution is 5.96. The zero-order valence-corrected chi connectivity index (χ0v) is 18.9. The average molecular weight is 426 g/mol. The van der Waals surface area contributed by atoms with E-state index < -0.39 is 18.5 Å². The molecule has 0 saturated carbocycles. The molecule has 0 heterocycles. The summed E-state index contributed by atoms with van der Waals surface area (Å²) in [6.45, 7) is 9.16. The van der Waals surface area contributed by atoms with E-state index >= 15 is 0 Å². The van der Waals surface area contributed by atoms with Crippen LogP contribution in [0.5, 0.6) is 0 Å². The van der Waals surface area contributed by atoms with Crippen molar-refractivity contribution >= 4 is 29.2 Å². The largest absolute Gasteiger partial charge is 0.452 e. The molecule has 0 unspecified atom stereocenters. The number of ether oxygens (including phenoxy) is 1. The first-order chi connectivity index (χ1) is 14.7. The lowest BCUT2D eigenvalue weighted by atomic mass is 10.1. The van der Waals surface area contributed by atoms with Crippen LogP contribution in [0.2, 0.25) is 0 Å². The van der Waals surface area contributed by atoms with Crippen LogP contribution in [-0.4, -0.2) is 56.0 Å². The maximum atomic E-state index is 12.3. The average Bonchev–Trinajstić information content (AvgIpc) is 2.75. The Kier molecular flexibility index (Phi) is 8.61. The first kappa shape index (κ1) is 23.9. The van der Waals surface area contributed by atoms with Gasteiger partial charge in [-0.25, -0.2) is 4.79 Å². The van der Waals surface area contributed by atoms with Crippen LogP contribution in [-0.2, 0) is 14.3 Å². The molecule has 0 aliphatic rings. The molecular weight excluding hydrogens is 394 g/mol. The SMILES string of the molecule is CCN(CC)c1ccc(C(=O)OCC(=O)N(C)CC(=O)Nc2cc(C)ccc2C)cc1. The number of hydrogen-bond acceptors (Lipinski definition) is 5. The van der Waals surface area contributed by atoms with Gasteiger partial charge in [0.2, 0.25) is 5.91 Å². The van der Waals surface area contributed by atoms with Crippen LogP contribution in [0.1, 0.15) is 35.3 Å². The number of nitrogens with zero attached hydrogens (tertiary/aromatic N) is 2. The van der Waals surface area contributed by atoms with E-state index in [9.17, 15) is 14.4 Å². The molecule has 0 radical (unpaired) electrons. The lowest BCUT2D eigenvalue weighted by Gasteiger charge is -2.21. The third-order valence-electron chi connectivity index (χ3n) is 5.03. The van der Waals surface area contributed by atoms with Crippen LogP contribution in [0, 0.1) is 13.8 Å². The van der Waals surface area contributed by atoms with Crippen LogP contribution in [0.3, 0.4) is 0 Å². The van der Waals surface area contributed by atoms with Crippen molar-refractivity contribution in [1.29, 1.82) is 0 Å². The highest BCUT2D eigenvalue weighted by atomic mass is 16.5. The maximum absolute atomic E-state index is 12.3. The Morgan fingerprint density at radius 2 is 1.61 bits per heavy atom. The number of anilines is 2. The maximum Gasteiger partial charge on any atom is 0.338 e. The van der Waals surface area contributed by atoms with E-state index in [2.05, 4.69) is 24.1 Å². The van der Waals surface area contributed by atoms with Gasteiger partial charge in [-0.1, -0.05) is 12.1 Å². The smallest absolute Gasteiger partial charge is 0.338 e. The Labute approximate surface area is 184 Å². The highest BCUT2D eigenvalue weighted by Crippen LogP contribution is 2.17. The molecule has 2 amide bonds. The number of esters is 1. The van der Waals surface area contributed by atoms with E-state index in [1.807, 2.05) is 44.2 Å². The number of carbonyl (C=O) groups excluding carboxylic acids is 3. The molecule has 0 spiro atoms. The molecule has 7 heteroatoms. The van der Waals surface area contributed by atoms with Gasteiger partial charge in [-0.15, -0.1) is 0 Å². The number of hydrogen-bond donors (Lipinski definition) is 1. The minimum Gasteiger partial charge on any atom is -0.452 e. The molecule has 31 heavy (non-hydrogen) atoms. The Morgan fingerprint density at radius 1 is 0.968 bits per heavy atom. The Morgan fingerprint density at radius 3 is 2.23 bits per heavy atom. The molecule has 2 aromatic rings. The number of amides is 2. The van der Waals surface area contributed by atoms with Gasteiger partial charge in [-0.05, 0) is 69.2 Å². The van der Waals surface area contributed by atoms with Crippen LogP contribution in [0.4, 0.5) is 11.4 Å². The molecule has 0 atom stereocenters. The number of aryl methyl sites for hydroxylation is 2. The Balaban J connectivity index is 1.85. The number of carbonyl (C=O) groups is 3. The second kappa shape index (κ2) is 11.2. The summed E-state index contributed by atoms with van der Waals surface area (Å²) in [6.07, 6.45) is 0. The van der Waals surface area contributed by atoms with Crippen molar-refractivity contribution in [3.8, 4) is 0 Å². The molecule has 2 rings (SSSR count). The second-order valence-electron chi connectivity index (χ2n) is 7.41. The van der Waals surface area contributed by atoms with E-state index in [4.69, 9.17) is 4.74 Å². The van der Waals surface area contributed by atoms with Crippen molar-refractivity contribution < 1.29 is 19.1 Å². The number of likely N-dealkylation sites (N-methyl/N-ethyl adjacent to an activating group) is 1. The molecule has 1 N–H and O–H groups in total. The molecule has 0 aromatic heterocycles. The fourth-order valence-electron chi connectivity index (χ4n) is 3.08. The predicted molar refractivity (Wildman–Crippen MR) is 122 cm³/mol. The van der Waals surface area contributed by atoms with E-state index in [0.29, 0.717) is 11.3 Å². The molecule has 166 valence electrons. The summed E-state index contributed by atoms with van der Waals surface area (Å²) in [5.74, 6) is -1.35. The molecule has 0 aliphatic heterocycles. The van der Waals surface area contributed by atoms with Gasteiger partial charge in [0.05, 0.1) is 12.1 Å². The van der Waals surface area contributed by atoms with Crippen molar-refractivity contribution in [1.82, 2.24) is 4.90 Å². The molecule has 0 saturated heterocycles. The lowest BCUT2D eigenvalue weighted by Crippen LogP contribution is -2.37. The van der Waals surface area contributed by atoms with Crippen LogP contribution >= 0.6 is 0 Å². The summed E-state index contributed by atoms with van der Waals surface area (Å²) in [4.78, 5) is 40.2. The molecule has 7 nitrogen and oxygen atoms in total. The summed E-state index contributed by atoms with van der Waals surface area (Å²) in [7, 11) is 1.50. The van der Waals surface area contributed by atoms with Crippen molar-refractivity contribution in [3.05, 3.63) is 59.2 Å². The quantitative estimate of drug-likeness (QED) is 0.623. The predicted octanol–water partition coefficient (Wildman–Crippen LogP) is 3.40. The summed E-state index contributed by atoms with van der Waals surface area (Å²) in [5, 5.41) is 2.81. The van der Waals surface area contributed by atoms with Crippen LogP contribution < -0.4 is 10.2 Å². The van der Waals surface area contributed by atoms with Gasteiger partial charge in [0.1, 0.15) is 0 Å². The van der Waals surface area contributed by atoms with Gasteiger partial charge in [0, 0.05) is 31.5 Å². The van der Waals surface area contributed by atoms with Crippen LogP contribution in [0.15, 0.2) is 42.5 Å². The zero-order chi connectivity index (χ0) is 23.0. The van der Waals surface area contributed by atoms with E-state index in [-0.39, 0.29) is 12.5 Å². The van der Waals surface area contributed by atoms with Gasteiger partial charge >= 0.3 is 5.97 Å². The van der Waals surface area contributed by atoms with Gasteiger partial charge in [0.25, 0.3) is 5.91 Å². The summed E-state index contributed by atoms with van der Waals surface area (Å²) >= 11 is 0. The summed E-state index contributed by atoms with van der Waals surface area (Å²) < 4.78 is 5.12. The van der Waals surface area contributed by atoms with Gasteiger partial charge < -0.3 is 19.9 Å². The van der Waals surface area contributed by atoms with E-state index in [0.717, 1.165) is 29.9 Å². The number of benzene rings is 2. The standard InChI is InChI=1S/C24H31N3O4/c1-6-27(7-2)20-12-10-19(11-13-20)24(30)31-16-23(29)26(5)15-22(28)25-21-14-17(3)8-9-18(21)4/h8-14H,6-7,15-16H2,1-5H3,(H,25,28). The third-order valence-corrected chi connectivity index (χ3v) is 5.03. The number of rotatable bonds is 9. The first-order valence-electron chi connectivity index (χ1n) is 10.4. The fraction of sp³-hybridized carbons (Fsp3) is 0.375. The van der Waals surface area contributed by atoms with Gasteiger partial charge in [-0.2, -0.15) is 0 Å². The minimum atomic E-state index is -0.576. The van der Waals surface area contributed by atoms with Crippen LogP contribution in [0.25, 0.3) is 0 Å². The first-order valence-corrected chi connectivity index (χ1v) is 10.4. The number of nitrogens with one attached hydrogen (secondary N) is 1. The van der Waals surface area contributed by atoms with Crippen molar-refractivity contribution in [3.63, 3.8) is 0 Å². The lowest BCUT2D eigenvalue weighted by molar-refractivity contribution is -0.136. The van der Waals surface area contributed by atoms with Gasteiger partial charge in [-0.3, -0.25) is 9.59 Å². The van der Waals surface area contributed by atoms with Crippen molar-refractivity contribution in [2.45, 2.75) is 27.7 Å².